The molecule has 19 heavy (non-hydrogen) atoms. The van der Waals surface area contributed by atoms with E-state index in [2.05, 4.69) is 0 Å². The lowest BCUT2D eigenvalue weighted by Gasteiger charge is -2.16. The van der Waals surface area contributed by atoms with E-state index in [0.717, 1.165) is 0 Å². The molecule has 4 heteroatoms. The van der Waals surface area contributed by atoms with Crippen molar-refractivity contribution in [3.8, 4) is 0 Å². The monoisotopic (exact) mass is 258 g/mol. The number of carbonyl (C=O) groups is 1. The predicted octanol–water partition coefficient (Wildman–Crippen LogP) is 1.61. The zero-order valence-corrected chi connectivity index (χ0v) is 10.2. The minimum atomic E-state index is -0.982. The number of hydrogen-bond acceptors (Lipinski definition) is 4. The van der Waals surface area contributed by atoms with Gasteiger partial charge in [-0.3, -0.25) is 0 Å². The molecule has 4 nitrogen and oxygen atoms in total. The third-order valence-electron chi connectivity index (χ3n) is 3.47. The van der Waals surface area contributed by atoms with Gasteiger partial charge in [0.2, 0.25) is 0 Å². The van der Waals surface area contributed by atoms with Gasteiger partial charge in [0.1, 0.15) is 11.9 Å². The first-order chi connectivity index (χ1) is 9.16. The topological polar surface area (TPSA) is 66.8 Å². The van der Waals surface area contributed by atoms with Crippen LogP contribution in [0.2, 0.25) is 0 Å². The number of carbonyl (C=O) groups excluding carboxylic acids is 1. The molecular weight excluding hydrogens is 244 g/mol. The molecule has 0 saturated carbocycles. The molecular formula is C15H14O4. The number of benzene rings is 1. The van der Waals surface area contributed by atoms with Gasteiger partial charge in [0, 0.05) is 5.57 Å². The van der Waals surface area contributed by atoms with Crippen LogP contribution in [0.4, 0.5) is 0 Å². The molecule has 1 aromatic carbocycles. The van der Waals surface area contributed by atoms with Gasteiger partial charge in [-0.2, -0.15) is 0 Å². The molecule has 0 spiro atoms. The van der Waals surface area contributed by atoms with Crippen molar-refractivity contribution in [2.75, 3.05) is 0 Å². The lowest BCUT2D eigenvalue weighted by Crippen LogP contribution is -2.11. The average Bonchev–Trinajstić information content (AvgIpc) is 2.74. The van der Waals surface area contributed by atoms with E-state index in [0.29, 0.717) is 35.3 Å². The van der Waals surface area contributed by atoms with E-state index in [4.69, 9.17) is 4.74 Å². The average molecular weight is 258 g/mol. The van der Waals surface area contributed by atoms with Crippen molar-refractivity contribution in [2.24, 2.45) is 0 Å². The van der Waals surface area contributed by atoms with E-state index in [9.17, 15) is 15.0 Å². The summed E-state index contributed by atoms with van der Waals surface area (Å²) >= 11 is 0. The summed E-state index contributed by atoms with van der Waals surface area (Å²) in [5.41, 5.74) is 1.67. The van der Waals surface area contributed by atoms with E-state index in [-0.39, 0.29) is 0 Å². The van der Waals surface area contributed by atoms with Crippen LogP contribution in [0.1, 0.15) is 24.5 Å². The van der Waals surface area contributed by atoms with E-state index in [1.807, 2.05) is 18.2 Å². The number of allylic oxidation sites excluding steroid dienone is 1. The summed E-state index contributed by atoms with van der Waals surface area (Å²) in [6.45, 7) is 0. The van der Waals surface area contributed by atoms with E-state index < -0.39 is 18.2 Å². The van der Waals surface area contributed by atoms with Gasteiger partial charge >= 0.3 is 5.97 Å². The highest BCUT2D eigenvalue weighted by Gasteiger charge is 2.36. The summed E-state index contributed by atoms with van der Waals surface area (Å²) in [7, 11) is 0. The zero-order chi connectivity index (χ0) is 13.4. The third-order valence-corrected chi connectivity index (χ3v) is 3.47. The number of rotatable bonds is 2. The fourth-order valence-corrected chi connectivity index (χ4v) is 2.49. The number of fused-ring (bicyclic) bond motifs is 1. The van der Waals surface area contributed by atoms with Gasteiger partial charge in [0.15, 0.2) is 0 Å². The first-order valence-corrected chi connectivity index (χ1v) is 6.25. The maximum Gasteiger partial charge on any atom is 0.342 e. The van der Waals surface area contributed by atoms with E-state index in [1.54, 1.807) is 12.1 Å². The summed E-state index contributed by atoms with van der Waals surface area (Å²) in [5.74, 6) is -0.125. The lowest BCUT2D eigenvalue weighted by molar-refractivity contribution is -0.134. The van der Waals surface area contributed by atoms with Crippen molar-refractivity contribution in [3.63, 3.8) is 0 Å². The van der Waals surface area contributed by atoms with Crippen LogP contribution in [0.25, 0.3) is 0 Å². The molecule has 98 valence electrons. The van der Waals surface area contributed by atoms with E-state index >= 15 is 0 Å². The molecule has 1 aliphatic heterocycles. The molecule has 2 N–H and O–H groups in total. The Labute approximate surface area is 110 Å². The van der Waals surface area contributed by atoms with Gasteiger partial charge < -0.3 is 14.9 Å². The fraction of sp³-hybridized carbons (Fsp3) is 0.267. The molecule has 0 fully saturated rings. The highest BCUT2D eigenvalue weighted by Crippen LogP contribution is 2.39. The molecule has 0 aromatic heterocycles. The second kappa shape index (κ2) is 4.64. The largest absolute Gasteiger partial charge is 0.423 e. The van der Waals surface area contributed by atoms with Crippen molar-refractivity contribution in [3.05, 3.63) is 58.9 Å². The van der Waals surface area contributed by atoms with Crippen molar-refractivity contribution in [2.45, 2.75) is 25.0 Å². The maximum absolute atomic E-state index is 11.9. The van der Waals surface area contributed by atoms with Crippen molar-refractivity contribution >= 4 is 5.97 Å². The Bertz CT molecular complexity index is 571. The Morgan fingerprint density at radius 2 is 2.00 bits per heavy atom. The highest BCUT2D eigenvalue weighted by atomic mass is 16.5. The molecule has 0 radical (unpaired) electrons. The van der Waals surface area contributed by atoms with Crippen molar-refractivity contribution in [1.29, 1.82) is 0 Å². The summed E-state index contributed by atoms with van der Waals surface area (Å²) < 4.78 is 5.12. The quantitative estimate of drug-likeness (QED) is 0.791. The van der Waals surface area contributed by atoms with Gasteiger partial charge in [0.25, 0.3) is 0 Å². The molecule has 0 bridgehead atoms. The molecule has 1 unspecified atom stereocenters. The maximum atomic E-state index is 11.9. The summed E-state index contributed by atoms with van der Waals surface area (Å²) in [5, 5.41) is 19.9. The number of esters is 1. The summed E-state index contributed by atoms with van der Waals surface area (Å²) in [6, 6.07) is 9.01. The first-order valence-electron chi connectivity index (χ1n) is 6.25. The minimum Gasteiger partial charge on any atom is -0.423 e. The molecule has 3 rings (SSSR count). The van der Waals surface area contributed by atoms with Gasteiger partial charge in [-0.1, -0.05) is 30.3 Å². The zero-order valence-electron chi connectivity index (χ0n) is 10.2. The normalized spacial score (nSPS) is 23.8. The molecule has 1 heterocycles. The second-order valence-electron chi connectivity index (χ2n) is 4.73. The standard InChI is InChI=1S/C15H14O4/c16-10-6-7-11-12(8-10)19-15(18)13(11)14(17)9-4-2-1-3-5-9/h1-5,8,10,14,16-17H,6-7H2/t10-,14?/m0/s1. The van der Waals surface area contributed by atoms with Crippen molar-refractivity contribution in [1.82, 2.24) is 0 Å². The molecule has 2 aliphatic rings. The lowest BCUT2D eigenvalue weighted by atomic mass is 9.91. The minimum absolute atomic E-state index is 0.296. The Hall–Kier alpha value is -1.91. The van der Waals surface area contributed by atoms with Crippen LogP contribution in [-0.2, 0) is 9.53 Å². The van der Waals surface area contributed by atoms with Crippen LogP contribution in [0.5, 0.6) is 0 Å². The highest BCUT2D eigenvalue weighted by molar-refractivity contribution is 5.95. The van der Waals surface area contributed by atoms with Crippen LogP contribution in [0.3, 0.4) is 0 Å². The van der Waals surface area contributed by atoms with E-state index in [1.165, 1.54) is 6.08 Å². The van der Waals surface area contributed by atoms with Crippen LogP contribution < -0.4 is 0 Å². The first kappa shape index (κ1) is 12.1. The number of ether oxygens (including phenoxy) is 1. The van der Waals surface area contributed by atoms with Gasteiger partial charge in [-0.25, -0.2) is 4.79 Å². The molecule has 1 aliphatic carbocycles. The molecule has 0 saturated heterocycles. The predicted molar refractivity (Wildman–Crippen MR) is 67.8 cm³/mol. The number of aliphatic hydroxyl groups excluding tert-OH is 2. The van der Waals surface area contributed by atoms with Crippen LogP contribution >= 0.6 is 0 Å². The Kier molecular flexibility index (Phi) is 2.97. The van der Waals surface area contributed by atoms with Crippen molar-refractivity contribution < 1.29 is 19.7 Å². The van der Waals surface area contributed by atoms with Gasteiger partial charge in [0.05, 0.1) is 11.7 Å². The molecule has 2 atom stereocenters. The number of hydrogen-bond donors (Lipinski definition) is 2. The third kappa shape index (κ3) is 2.09. The number of aliphatic hydroxyl groups is 2. The Morgan fingerprint density at radius 3 is 2.74 bits per heavy atom. The Balaban J connectivity index is 2.02. The van der Waals surface area contributed by atoms with Gasteiger partial charge in [-0.15, -0.1) is 0 Å². The van der Waals surface area contributed by atoms with Crippen LogP contribution in [0.15, 0.2) is 53.3 Å². The summed E-state index contributed by atoms with van der Waals surface area (Å²) in [4.78, 5) is 11.9. The summed E-state index contributed by atoms with van der Waals surface area (Å²) in [6.07, 6.45) is 1.05. The Morgan fingerprint density at radius 1 is 1.26 bits per heavy atom. The van der Waals surface area contributed by atoms with Crippen LogP contribution in [-0.4, -0.2) is 22.3 Å². The van der Waals surface area contributed by atoms with Crippen LogP contribution in [0, 0.1) is 0 Å². The molecule has 1 aromatic rings. The SMILES string of the molecule is O=C1OC2=C[C@@H](O)CCC2=C1C(O)c1ccccc1. The second-order valence-corrected chi connectivity index (χ2v) is 4.73. The van der Waals surface area contributed by atoms with Gasteiger partial charge in [-0.05, 0) is 24.5 Å². The smallest absolute Gasteiger partial charge is 0.342 e. The fourth-order valence-electron chi connectivity index (χ4n) is 2.49. The molecule has 0 amide bonds.